The van der Waals surface area contributed by atoms with Crippen LogP contribution in [0.4, 0.5) is 0 Å². The maximum atomic E-state index is 5.57. The van der Waals surface area contributed by atoms with Gasteiger partial charge in [-0.05, 0) is 20.4 Å². The fraction of sp³-hybridized carbons (Fsp3) is 0.800. The van der Waals surface area contributed by atoms with Gasteiger partial charge in [0.15, 0.2) is 0 Å². The predicted octanol–water partition coefficient (Wildman–Crippen LogP) is 2.25. The molecule has 0 fully saturated rings. The Morgan fingerprint density at radius 2 is 1.93 bits per heavy atom. The molecule has 1 aromatic heterocycles. The molecule has 0 saturated carbocycles. The molecule has 0 amide bonds. The Morgan fingerprint density at radius 1 is 1.29 bits per heavy atom. The van der Waals surface area contributed by atoms with Gasteiger partial charge in [-0.15, -0.1) is 10.2 Å². The number of nitrogens with one attached hydrogen (secondary N) is 1. The minimum Gasteiger partial charge on any atom is -0.423 e. The summed E-state index contributed by atoms with van der Waals surface area (Å²) in [7, 11) is 1.88. The molecule has 0 aliphatic carbocycles. The molecular formula is C10H19N3O. The van der Waals surface area contributed by atoms with Crippen molar-refractivity contribution < 1.29 is 4.42 Å². The molecule has 0 bridgehead atoms. The summed E-state index contributed by atoms with van der Waals surface area (Å²) in [5.41, 5.74) is 0. The van der Waals surface area contributed by atoms with Gasteiger partial charge in [0.25, 0.3) is 0 Å². The Hall–Kier alpha value is -0.900. The fourth-order valence-electron chi connectivity index (χ4n) is 1.30. The molecule has 1 N–H and O–H groups in total. The number of aromatic nitrogens is 2. The Balaban J connectivity index is 2.67. The Labute approximate surface area is 85.1 Å². The lowest BCUT2D eigenvalue weighted by atomic mass is 10.1. The van der Waals surface area contributed by atoms with E-state index in [4.69, 9.17) is 4.42 Å². The van der Waals surface area contributed by atoms with Crippen molar-refractivity contribution in [2.24, 2.45) is 0 Å². The first kappa shape index (κ1) is 11.2. The van der Waals surface area contributed by atoms with Crippen LogP contribution in [0, 0.1) is 0 Å². The molecule has 4 heteroatoms. The molecule has 0 aliphatic rings. The maximum Gasteiger partial charge on any atom is 0.233 e. The van der Waals surface area contributed by atoms with Crippen molar-refractivity contribution in [1.29, 1.82) is 0 Å². The van der Waals surface area contributed by atoms with Crippen molar-refractivity contribution in [1.82, 2.24) is 15.5 Å². The topological polar surface area (TPSA) is 51.0 Å². The van der Waals surface area contributed by atoms with Gasteiger partial charge in [-0.2, -0.15) is 0 Å². The average molecular weight is 197 g/mol. The summed E-state index contributed by atoms with van der Waals surface area (Å²) >= 11 is 0. The third kappa shape index (κ3) is 2.54. The highest BCUT2D eigenvalue weighted by Gasteiger charge is 2.15. The average Bonchev–Trinajstić information content (AvgIpc) is 2.66. The van der Waals surface area contributed by atoms with Crippen LogP contribution in [-0.4, -0.2) is 17.2 Å². The Morgan fingerprint density at radius 3 is 2.50 bits per heavy atom. The second-order valence-electron chi connectivity index (χ2n) is 3.68. The normalized spacial score (nSPS) is 15.4. The monoisotopic (exact) mass is 197 g/mol. The molecule has 2 atom stereocenters. The summed E-state index contributed by atoms with van der Waals surface area (Å²) in [5, 5.41) is 11.1. The van der Waals surface area contributed by atoms with Gasteiger partial charge < -0.3 is 9.73 Å². The zero-order valence-electron chi connectivity index (χ0n) is 9.37. The summed E-state index contributed by atoms with van der Waals surface area (Å²) in [6.07, 6.45) is 2.23. The smallest absolute Gasteiger partial charge is 0.233 e. The van der Waals surface area contributed by atoms with Gasteiger partial charge in [0, 0.05) is 5.92 Å². The van der Waals surface area contributed by atoms with Crippen LogP contribution in [0.2, 0.25) is 0 Å². The summed E-state index contributed by atoms with van der Waals surface area (Å²) in [4.78, 5) is 0. The molecular weight excluding hydrogens is 178 g/mol. The highest BCUT2D eigenvalue weighted by atomic mass is 16.4. The van der Waals surface area contributed by atoms with Gasteiger partial charge in [-0.3, -0.25) is 0 Å². The van der Waals surface area contributed by atoms with E-state index < -0.39 is 0 Å². The van der Waals surface area contributed by atoms with Crippen LogP contribution in [0.1, 0.15) is 57.4 Å². The summed E-state index contributed by atoms with van der Waals surface area (Å²) < 4.78 is 5.57. The minimum absolute atomic E-state index is 0.130. The first-order valence-electron chi connectivity index (χ1n) is 5.19. The quantitative estimate of drug-likeness (QED) is 0.786. The zero-order valence-corrected chi connectivity index (χ0v) is 9.37. The van der Waals surface area contributed by atoms with E-state index in [9.17, 15) is 0 Å². The first-order valence-corrected chi connectivity index (χ1v) is 5.19. The lowest BCUT2D eigenvalue weighted by Crippen LogP contribution is -2.12. The molecule has 4 nitrogen and oxygen atoms in total. The summed E-state index contributed by atoms with van der Waals surface area (Å²) in [6.45, 7) is 6.27. The van der Waals surface area contributed by atoms with Gasteiger partial charge in [-0.25, -0.2) is 0 Å². The zero-order chi connectivity index (χ0) is 10.6. The molecule has 80 valence electrons. The van der Waals surface area contributed by atoms with Crippen LogP contribution in [0.5, 0.6) is 0 Å². The largest absolute Gasteiger partial charge is 0.423 e. The molecule has 2 unspecified atom stereocenters. The van der Waals surface area contributed by atoms with E-state index in [1.54, 1.807) is 0 Å². The lowest BCUT2D eigenvalue weighted by Gasteiger charge is -2.05. The number of hydrogen-bond donors (Lipinski definition) is 1. The molecule has 0 aliphatic heterocycles. The van der Waals surface area contributed by atoms with Gasteiger partial charge in [0.2, 0.25) is 11.8 Å². The van der Waals surface area contributed by atoms with Gasteiger partial charge in [-0.1, -0.05) is 20.3 Å². The van der Waals surface area contributed by atoms with Crippen molar-refractivity contribution in [2.45, 2.75) is 45.6 Å². The van der Waals surface area contributed by atoms with E-state index in [-0.39, 0.29) is 6.04 Å². The second kappa shape index (κ2) is 5.10. The Bertz CT molecular complexity index is 272. The van der Waals surface area contributed by atoms with Gasteiger partial charge >= 0.3 is 0 Å². The standard InChI is InChI=1S/C10H19N3O/c1-5-6-7(2)9-12-13-10(14-9)8(3)11-4/h7-8,11H,5-6H2,1-4H3. The predicted molar refractivity (Wildman–Crippen MR) is 55.1 cm³/mol. The van der Waals surface area contributed by atoms with Crippen molar-refractivity contribution in [3.63, 3.8) is 0 Å². The highest BCUT2D eigenvalue weighted by Crippen LogP contribution is 2.20. The van der Waals surface area contributed by atoms with Crippen molar-refractivity contribution in [3.05, 3.63) is 11.8 Å². The van der Waals surface area contributed by atoms with Crippen LogP contribution in [-0.2, 0) is 0 Å². The van der Waals surface area contributed by atoms with Crippen molar-refractivity contribution >= 4 is 0 Å². The maximum absolute atomic E-state index is 5.57. The number of rotatable bonds is 5. The van der Waals surface area contributed by atoms with E-state index in [1.165, 1.54) is 0 Å². The Kier molecular flexibility index (Phi) is 4.07. The SMILES string of the molecule is CCCC(C)c1nnc(C(C)NC)o1. The lowest BCUT2D eigenvalue weighted by molar-refractivity contribution is 0.382. The molecule has 0 aromatic carbocycles. The van der Waals surface area contributed by atoms with E-state index in [0.717, 1.165) is 18.7 Å². The number of hydrogen-bond acceptors (Lipinski definition) is 4. The molecule has 1 heterocycles. The van der Waals surface area contributed by atoms with E-state index in [2.05, 4.69) is 29.4 Å². The number of nitrogens with zero attached hydrogens (tertiary/aromatic N) is 2. The molecule has 0 radical (unpaired) electrons. The third-order valence-electron chi connectivity index (χ3n) is 2.40. The van der Waals surface area contributed by atoms with Crippen LogP contribution < -0.4 is 5.32 Å². The van der Waals surface area contributed by atoms with Gasteiger partial charge in [0.1, 0.15) is 0 Å². The van der Waals surface area contributed by atoms with Crippen LogP contribution in [0.15, 0.2) is 4.42 Å². The second-order valence-corrected chi connectivity index (χ2v) is 3.68. The minimum atomic E-state index is 0.130. The molecule has 1 rings (SSSR count). The highest BCUT2D eigenvalue weighted by molar-refractivity contribution is 4.92. The van der Waals surface area contributed by atoms with E-state index in [0.29, 0.717) is 11.8 Å². The fourth-order valence-corrected chi connectivity index (χ4v) is 1.30. The van der Waals surface area contributed by atoms with Crippen LogP contribution in [0.3, 0.4) is 0 Å². The molecule has 1 aromatic rings. The van der Waals surface area contributed by atoms with Crippen molar-refractivity contribution in [3.8, 4) is 0 Å². The van der Waals surface area contributed by atoms with E-state index in [1.807, 2.05) is 14.0 Å². The van der Waals surface area contributed by atoms with E-state index >= 15 is 0 Å². The first-order chi connectivity index (χ1) is 6.69. The molecule has 0 saturated heterocycles. The van der Waals surface area contributed by atoms with Crippen LogP contribution >= 0.6 is 0 Å². The molecule has 14 heavy (non-hydrogen) atoms. The third-order valence-corrected chi connectivity index (χ3v) is 2.40. The summed E-state index contributed by atoms with van der Waals surface area (Å²) in [5.74, 6) is 1.79. The summed E-state index contributed by atoms with van der Waals surface area (Å²) in [6, 6.07) is 0.130. The van der Waals surface area contributed by atoms with Crippen molar-refractivity contribution in [2.75, 3.05) is 7.05 Å². The van der Waals surface area contributed by atoms with Gasteiger partial charge in [0.05, 0.1) is 6.04 Å². The van der Waals surface area contributed by atoms with Crippen LogP contribution in [0.25, 0.3) is 0 Å². The molecule has 0 spiro atoms.